The van der Waals surface area contributed by atoms with Gasteiger partial charge in [0.2, 0.25) is 0 Å². The molecule has 2 rings (SSSR count). The van der Waals surface area contributed by atoms with E-state index in [0.717, 1.165) is 17.4 Å². The molecule has 2 unspecified atom stereocenters. The highest BCUT2D eigenvalue weighted by Crippen LogP contribution is 2.39. The van der Waals surface area contributed by atoms with Crippen molar-refractivity contribution >= 4 is 11.8 Å². The van der Waals surface area contributed by atoms with Gasteiger partial charge in [-0.25, -0.2) is 4.68 Å². The summed E-state index contributed by atoms with van der Waals surface area (Å²) < 4.78 is 2.01. The van der Waals surface area contributed by atoms with Crippen LogP contribution in [-0.4, -0.2) is 33.0 Å². The molecule has 0 amide bonds. The summed E-state index contributed by atoms with van der Waals surface area (Å²) in [6, 6.07) is 0.559. The predicted octanol–water partition coefficient (Wildman–Crippen LogP) is 0.846. The number of aromatic nitrogens is 3. The van der Waals surface area contributed by atoms with Crippen LogP contribution in [0, 0.1) is 0 Å². The third-order valence-corrected chi connectivity index (χ3v) is 3.93. The standard InChI is InChI=1S/C9H16N4S/c1-14-9-3-2-8(9)13-6-7(4-5-10)11-12-13/h6,8-9H,2-5,10H2,1H3. The van der Waals surface area contributed by atoms with E-state index in [1.54, 1.807) is 0 Å². The van der Waals surface area contributed by atoms with Crippen molar-refractivity contribution in [1.29, 1.82) is 0 Å². The summed E-state index contributed by atoms with van der Waals surface area (Å²) in [6.45, 7) is 0.648. The van der Waals surface area contributed by atoms with Crippen LogP contribution in [0.25, 0.3) is 0 Å². The minimum absolute atomic E-state index is 0.559. The fraction of sp³-hybridized carbons (Fsp3) is 0.778. The Kier molecular flexibility index (Phi) is 3.08. The first-order chi connectivity index (χ1) is 6.85. The Labute approximate surface area is 88.2 Å². The lowest BCUT2D eigenvalue weighted by Gasteiger charge is -2.34. The maximum atomic E-state index is 5.46. The number of hydrogen-bond acceptors (Lipinski definition) is 4. The third-order valence-electron chi connectivity index (χ3n) is 2.78. The van der Waals surface area contributed by atoms with Gasteiger partial charge in [0.25, 0.3) is 0 Å². The lowest BCUT2D eigenvalue weighted by atomic mass is 9.92. The van der Waals surface area contributed by atoms with E-state index in [1.165, 1.54) is 12.8 Å². The number of nitrogens with two attached hydrogens (primary N) is 1. The van der Waals surface area contributed by atoms with Gasteiger partial charge in [-0.15, -0.1) is 5.10 Å². The van der Waals surface area contributed by atoms with Gasteiger partial charge in [-0.3, -0.25) is 0 Å². The van der Waals surface area contributed by atoms with E-state index in [0.29, 0.717) is 12.6 Å². The largest absolute Gasteiger partial charge is 0.330 e. The van der Waals surface area contributed by atoms with Crippen LogP contribution in [0.2, 0.25) is 0 Å². The van der Waals surface area contributed by atoms with Crippen molar-refractivity contribution in [2.24, 2.45) is 5.73 Å². The van der Waals surface area contributed by atoms with Crippen LogP contribution in [0.4, 0.5) is 0 Å². The maximum Gasteiger partial charge on any atom is 0.0839 e. The Morgan fingerprint density at radius 2 is 2.50 bits per heavy atom. The number of nitrogens with zero attached hydrogens (tertiary/aromatic N) is 3. The molecule has 0 aliphatic heterocycles. The van der Waals surface area contributed by atoms with Crippen molar-refractivity contribution in [3.63, 3.8) is 0 Å². The first-order valence-corrected chi connectivity index (χ1v) is 6.27. The fourth-order valence-corrected chi connectivity index (χ4v) is 2.71. The van der Waals surface area contributed by atoms with E-state index in [-0.39, 0.29) is 0 Å². The third kappa shape index (κ3) is 1.79. The van der Waals surface area contributed by atoms with Gasteiger partial charge in [-0.2, -0.15) is 11.8 Å². The molecule has 1 saturated carbocycles. The van der Waals surface area contributed by atoms with Gasteiger partial charge in [0.1, 0.15) is 0 Å². The first-order valence-electron chi connectivity index (χ1n) is 4.98. The molecular formula is C9H16N4S. The van der Waals surface area contributed by atoms with Crippen molar-refractivity contribution in [1.82, 2.24) is 15.0 Å². The molecule has 1 aliphatic rings. The highest BCUT2D eigenvalue weighted by molar-refractivity contribution is 7.99. The van der Waals surface area contributed by atoms with Crippen LogP contribution in [0.1, 0.15) is 24.6 Å². The van der Waals surface area contributed by atoms with Crippen LogP contribution >= 0.6 is 11.8 Å². The Morgan fingerprint density at radius 3 is 3.07 bits per heavy atom. The van der Waals surface area contributed by atoms with Gasteiger partial charge in [-0.1, -0.05) is 5.21 Å². The van der Waals surface area contributed by atoms with Crippen LogP contribution in [0.15, 0.2) is 6.20 Å². The SMILES string of the molecule is CSC1CCC1n1cc(CCN)nn1. The summed E-state index contributed by atoms with van der Waals surface area (Å²) >= 11 is 1.92. The molecule has 1 aliphatic carbocycles. The van der Waals surface area contributed by atoms with Crippen molar-refractivity contribution in [2.45, 2.75) is 30.6 Å². The molecule has 1 aromatic rings. The molecule has 78 valence electrons. The summed E-state index contributed by atoms with van der Waals surface area (Å²) in [5, 5.41) is 8.98. The average molecular weight is 212 g/mol. The van der Waals surface area contributed by atoms with Crippen molar-refractivity contribution in [3.8, 4) is 0 Å². The van der Waals surface area contributed by atoms with Crippen LogP contribution in [0.3, 0.4) is 0 Å². The Balaban J connectivity index is 2.02. The van der Waals surface area contributed by atoms with Crippen LogP contribution < -0.4 is 5.73 Å². The molecule has 2 atom stereocenters. The highest BCUT2D eigenvalue weighted by atomic mass is 32.2. The van der Waals surface area contributed by atoms with E-state index in [9.17, 15) is 0 Å². The minimum atomic E-state index is 0.559. The van der Waals surface area contributed by atoms with E-state index in [4.69, 9.17) is 5.73 Å². The summed E-state index contributed by atoms with van der Waals surface area (Å²) in [5.74, 6) is 0. The van der Waals surface area contributed by atoms with Gasteiger partial charge in [-0.05, 0) is 25.6 Å². The molecule has 0 radical (unpaired) electrons. The van der Waals surface area contributed by atoms with E-state index >= 15 is 0 Å². The molecular weight excluding hydrogens is 196 g/mol. The normalized spacial score (nSPS) is 26.1. The van der Waals surface area contributed by atoms with E-state index < -0.39 is 0 Å². The van der Waals surface area contributed by atoms with Crippen molar-refractivity contribution in [2.75, 3.05) is 12.8 Å². The molecule has 0 aromatic carbocycles. The molecule has 2 N–H and O–H groups in total. The quantitative estimate of drug-likeness (QED) is 0.803. The minimum Gasteiger partial charge on any atom is -0.330 e. The molecule has 4 nitrogen and oxygen atoms in total. The maximum absolute atomic E-state index is 5.46. The molecule has 0 spiro atoms. The smallest absolute Gasteiger partial charge is 0.0839 e. The molecule has 1 heterocycles. The second-order valence-corrected chi connectivity index (χ2v) is 4.72. The molecule has 14 heavy (non-hydrogen) atoms. The lowest BCUT2D eigenvalue weighted by molar-refractivity contribution is 0.297. The summed E-state index contributed by atoms with van der Waals surface area (Å²) in [7, 11) is 0. The van der Waals surface area contributed by atoms with E-state index in [1.807, 2.05) is 22.6 Å². The highest BCUT2D eigenvalue weighted by Gasteiger charge is 2.32. The van der Waals surface area contributed by atoms with Gasteiger partial charge in [0.15, 0.2) is 0 Å². The fourth-order valence-electron chi connectivity index (χ4n) is 1.77. The summed E-state index contributed by atoms with van der Waals surface area (Å²) in [5.41, 5.74) is 6.48. The Hall–Kier alpha value is -0.550. The Bertz CT molecular complexity index is 297. The van der Waals surface area contributed by atoms with Gasteiger partial charge < -0.3 is 5.73 Å². The van der Waals surface area contributed by atoms with Crippen molar-refractivity contribution < 1.29 is 0 Å². The average Bonchev–Trinajstić information content (AvgIpc) is 2.53. The zero-order valence-corrected chi connectivity index (χ0v) is 9.20. The van der Waals surface area contributed by atoms with Gasteiger partial charge in [0, 0.05) is 17.9 Å². The van der Waals surface area contributed by atoms with E-state index in [2.05, 4.69) is 16.6 Å². The van der Waals surface area contributed by atoms with Crippen LogP contribution in [0.5, 0.6) is 0 Å². The van der Waals surface area contributed by atoms with Crippen LogP contribution in [-0.2, 0) is 6.42 Å². The molecule has 0 saturated heterocycles. The first kappa shape index (κ1) is 9.98. The summed E-state index contributed by atoms with van der Waals surface area (Å²) in [4.78, 5) is 0. The second kappa shape index (κ2) is 4.31. The topological polar surface area (TPSA) is 56.7 Å². The van der Waals surface area contributed by atoms with Crippen molar-refractivity contribution in [3.05, 3.63) is 11.9 Å². The molecule has 1 aromatic heterocycles. The number of hydrogen-bond donors (Lipinski definition) is 1. The van der Waals surface area contributed by atoms with Gasteiger partial charge in [0.05, 0.1) is 11.7 Å². The zero-order valence-electron chi connectivity index (χ0n) is 8.39. The molecule has 1 fully saturated rings. The molecule has 0 bridgehead atoms. The number of thioether (sulfide) groups is 1. The molecule has 5 heteroatoms. The zero-order chi connectivity index (χ0) is 9.97. The number of rotatable bonds is 4. The Morgan fingerprint density at radius 1 is 1.64 bits per heavy atom. The predicted molar refractivity (Wildman–Crippen MR) is 58.4 cm³/mol. The second-order valence-electron chi connectivity index (χ2n) is 3.65. The lowest BCUT2D eigenvalue weighted by Crippen LogP contribution is -2.31. The van der Waals surface area contributed by atoms with Gasteiger partial charge >= 0.3 is 0 Å². The summed E-state index contributed by atoms with van der Waals surface area (Å²) in [6.07, 6.45) is 7.57. The monoisotopic (exact) mass is 212 g/mol.